The van der Waals surface area contributed by atoms with Crippen molar-refractivity contribution in [2.75, 3.05) is 6.61 Å². The van der Waals surface area contributed by atoms with Crippen molar-refractivity contribution in [3.63, 3.8) is 0 Å². The van der Waals surface area contributed by atoms with Gasteiger partial charge in [0.15, 0.2) is 0 Å². The summed E-state index contributed by atoms with van der Waals surface area (Å²) in [6, 6.07) is 14.4. The number of hydrogen-bond donors (Lipinski definition) is 1. The Kier molecular flexibility index (Phi) is 8.13. The molecule has 1 heterocycles. The Morgan fingerprint density at radius 3 is 2.68 bits per heavy atom. The maximum atomic E-state index is 10.8. The number of ether oxygens (including phenoxy) is 2. The Morgan fingerprint density at radius 1 is 1.16 bits per heavy atom. The first-order valence-corrected chi connectivity index (χ1v) is 11.7. The van der Waals surface area contributed by atoms with Crippen LogP contribution in [0.15, 0.2) is 53.2 Å². The quantitative estimate of drug-likeness (QED) is 0.369. The maximum absolute atomic E-state index is 10.8. The van der Waals surface area contributed by atoms with Gasteiger partial charge in [0.1, 0.15) is 11.5 Å². The molecule has 1 aromatic heterocycles. The molecule has 1 N–H and O–H groups in total. The average Bonchev–Trinajstić information content (AvgIpc) is 3.28. The molecule has 0 unspecified atom stereocenters. The second-order valence-electron chi connectivity index (χ2n) is 7.74. The van der Waals surface area contributed by atoms with Gasteiger partial charge in [-0.1, -0.05) is 19.1 Å². The van der Waals surface area contributed by atoms with Gasteiger partial charge in [0.2, 0.25) is 0 Å². The molecule has 1 atom stereocenters. The van der Waals surface area contributed by atoms with Gasteiger partial charge in [0.05, 0.1) is 12.7 Å². The lowest BCUT2D eigenvalue weighted by Crippen LogP contribution is -2.16. The van der Waals surface area contributed by atoms with E-state index in [2.05, 4.69) is 48.9 Å². The van der Waals surface area contributed by atoms with Gasteiger partial charge in [-0.25, -0.2) is 0 Å². The predicted molar refractivity (Wildman–Crippen MR) is 126 cm³/mol. The Bertz CT molecular complexity index is 995. The fraction of sp³-hybridized carbons (Fsp3) is 0.346. The molecular weight excluding hydrogens is 408 g/mol. The van der Waals surface area contributed by atoms with E-state index >= 15 is 0 Å². The van der Waals surface area contributed by atoms with Gasteiger partial charge >= 0.3 is 5.97 Å². The molecule has 0 saturated carbocycles. The Labute approximate surface area is 188 Å². The zero-order valence-corrected chi connectivity index (χ0v) is 19.2. The van der Waals surface area contributed by atoms with Gasteiger partial charge in [-0.05, 0) is 90.0 Å². The third-order valence-electron chi connectivity index (χ3n) is 5.33. The lowest BCUT2D eigenvalue weighted by atomic mass is 10.0. The summed E-state index contributed by atoms with van der Waals surface area (Å²) in [6.45, 7) is 6.76. The van der Waals surface area contributed by atoms with E-state index in [0.717, 1.165) is 41.0 Å². The van der Waals surface area contributed by atoms with Crippen LogP contribution >= 0.6 is 11.3 Å². The number of hydrogen-bond acceptors (Lipinski definition) is 4. The number of thiophene rings is 1. The van der Waals surface area contributed by atoms with E-state index in [1.165, 1.54) is 11.1 Å². The summed E-state index contributed by atoms with van der Waals surface area (Å²) in [7, 11) is 0. The Balaban J connectivity index is 1.56. The van der Waals surface area contributed by atoms with Crippen molar-refractivity contribution < 1.29 is 19.4 Å². The zero-order chi connectivity index (χ0) is 22.2. The fourth-order valence-corrected chi connectivity index (χ4v) is 4.10. The van der Waals surface area contributed by atoms with Gasteiger partial charge in [-0.15, -0.1) is 0 Å². The van der Waals surface area contributed by atoms with Crippen LogP contribution in [-0.2, 0) is 17.6 Å². The first kappa shape index (κ1) is 22.9. The minimum absolute atomic E-state index is 0.0146. The highest BCUT2D eigenvalue weighted by atomic mass is 32.1. The topological polar surface area (TPSA) is 55.8 Å². The monoisotopic (exact) mass is 438 g/mol. The van der Waals surface area contributed by atoms with Crippen molar-refractivity contribution in [3.05, 3.63) is 69.9 Å². The molecule has 3 rings (SSSR count). The van der Waals surface area contributed by atoms with Gasteiger partial charge in [-0.2, -0.15) is 11.3 Å². The molecule has 0 amide bonds. The van der Waals surface area contributed by atoms with Gasteiger partial charge < -0.3 is 14.6 Å². The normalized spacial score (nSPS) is 11.8. The third-order valence-corrected chi connectivity index (χ3v) is 6.01. The van der Waals surface area contributed by atoms with Crippen molar-refractivity contribution in [3.8, 4) is 22.6 Å². The molecule has 31 heavy (non-hydrogen) atoms. The molecule has 0 bridgehead atoms. The van der Waals surface area contributed by atoms with E-state index in [1.807, 2.05) is 25.1 Å². The molecular formula is C26H30O4S. The van der Waals surface area contributed by atoms with Crippen molar-refractivity contribution in [1.29, 1.82) is 0 Å². The molecule has 0 fully saturated rings. The van der Waals surface area contributed by atoms with E-state index in [0.29, 0.717) is 13.0 Å². The molecule has 0 aliphatic heterocycles. The van der Waals surface area contributed by atoms with E-state index in [-0.39, 0.29) is 12.5 Å². The summed E-state index contributed by atoms with van der Waals surface area (Å²) in [5.41, 5.74) is 5.73. The van der Waals surface area contributed by atoms with Crippen LogP contribution in [0.4, 0.5) is 0 Å². The van der Waals surface area contributed by atoms with Crippen molar-refractivity contribution in [1.82, 2.24) is 0 Å². The minimum Gasteiger partial charge on any atom is -0.493 e. The zero-order valence-electron chi connectivity index (χ0n) is 18.4. The number of carboxylic acid groups (broad SMARTS) is 1. The Hall–Kier alpha value is -2.79. The average molecular weight is 439 g/mol. The highest BCUT2D eigenvalue weighted by molar-refractivity contribution is 7.08. The molecule has 2 aromatic carbocycles. The summed E-state index contributed by atoms with van der Waals surface area (Å²) < 4.78 is 12.2. The molecule has 0 aliphatic rings. The highest BCUT2D eigenvalue weighted by Crippen LogP contribution is 2.33. The Morgan fingerprint density at radius 2 is 2.00 bits per heavy atom. The molecule has 0 radical (unpaired) electrons. The molecule has 0 saturated heterocycles. The second-order valence-corrected chi connectivity index (χ2v) is 8.52. The summed E-state index contributed by atoms with van der Waals surface area (Å²) in [6.07, 6.45) is 2.45. The highest BCUT2D eigenvalue weighted by Gasteiger charge is 2.12. The van der Waals surface area contributed by atoms with Crippen LogP contribution in [0.5, 0.6) is 11.5 Å². The van der Waals surface area contributed by atoms with Crippen LogP contribution in [0.1, 0.15) is 43.4 Å². The van der Waals surface area contributed by atoms with Gasteiger partial charge in [0, 0.05) is 18.4 Å². The molecule has 5 heteroatoms. The number of benzene rings is 2. The lowest BCUT2D eigenvalue weighted by molar-refractivity contribution is -0.136. The SMILES string of the molecule is CCc1ccc(O[C@H](C)CCOc2ccc(CCC(=O)O)c(C)c2)c(-c2ccsc2)c1. The number of carbonyl (C=O) groups is 1. The van der Waals surface area contributed by atoms with Crippen molar-refractivity contribution in [2.24, 2.45) is 0 Å². The molecule has 3 aromatic rings. The van der Waals surface area contributed by atoms with Crippen LogP contribution in [0.2, 0.25) is 0 Å². The lowest BCUT2D eigenvalue weighted by Gasteiger charge is -2.18. The summed E-state index contributed by atoms with van der Waals surface area (Å²) >= 11 is 1.69. The van der Waals surface area contributed by atoms with Gasteiger partial charge in [-0.3, -0.25) is 4.79 Å². The first-order chi connectivity index (χ1) is 15.0. The van der Waals surface area contributed by atoms with E-state index < -0.39 is 5.97 Å². The standard InChI is InChI=1S/C26H30O4S/c1-4-20-5-9-25(24(16-20)22-12-14-31-17-22)30-19(3)11-13-29-23-8-6-21(18(2)15-23)7-10-26(27)28/h5-6,8-9,12,14-17,19H,4,7,10-11,13H2,1-3H3,(H,27,28)/t19-/m1/s1. The van der Waals surface area contributed by atoms with E-state index in [1.54, 1.807) is 11.3 Å². The largest absolute Gasteiger partial charge is 0.493 e. The van der Waals surface area contributed by atoms with E-state index in [9.17, 15) is 4.79 Å². The third kappa shape index (κ3) is 6.59. The number of carboxylic acids is 1. The second kappa shape index (κ2) is 11.0. The van der Waals surface area contributed by atoms with E-state index in [4.69, 9.17) is 14.6 Å². The number of rotatable bonds is 11. The fourth-order valence-electron chi connectivity index (χ4n) is 3.44. The van der Waals surface area contributed by atoms with Gasteiger partial charge in [0.25, 0.3) is 0 Å². The van der Waals surface area contributed by atoms with Crippen molar-refractivity contribution in [2.45, 2.75) is 52.6 Å². The molecule has 4 nitrogen and oxygen atoms in total. The smallest absolute Gasteiger partial charge is 0.303 e. The number of aliphatic carboxylic acids is 1. The minimum atomic E-state index is -0.778. The predicted octanol–water partition coefficient (Wildman–Crippen LogP) is 6.54. The number of aryl methyl sites for hydroxylation is 3. The molecule has 0 spiro atoms. The van der Waals surface area contributed by atoms with Crippen LogP contribution in [0, 0.1) is 6.92 Å². The molecule has 164 valence electrons. The summed E-state index contributed by atoms with van der Waals surface area (Å²) in [5, 5.41) is 13.1. The van der Waals surface area contributed by atoms with Crippen molar-refractivity contribution >= 4 is 17.3 Å². The maximum Gasteiger partial charge on any atom is 0.303 e. The summed E-state index contributed by atoms with van der Waals surface area (Å²) in [4.78, 5) is 10.8. The molecule has 0 aliphatic carbocycles. The summed E-state index contributed by atoms with van der Waals surface area (Å²) in [5.74, 6) is 0.928. The van der Waals surface area contributed by atoms with Crippen LogP contribution in [0.3, 0.4) is 0 Å². The van der Waals surface area contributed by atoms with Crippen LogP contribution in [0.25, 0.3) is 11.1 Å². The first-order valence-electron chi connectivity index (χ1n) is 10.7. The van der Waals surface area contributed by atoms with Crippen LogP contribution in [-0.4, -0.2) is 23.8 Å². The van der Waals surface area contributed by atoms with Crippen LogP contribution < -0.4 is 9.47 Å².